The molecule has 1 rings (SSSR count). The normalized spacial score (nSPS) is 12.2. The van der Waals surface area contributed by atoms with Crippen LogP contribution in [0.3, 0.4) is 0 Å². The molecule has 0 fully saturated rings. The van der Waals surface area contributed by atoms with Gasteiger partial charge in [-0.1, -0.05) is 11.6 Å². The molecule has 0 spiro atoms. The molecule has 1 amide bonds. The highest BCUT2D eigenvalue weighted by Crippen LogP contribution is 2.22. The van der Waals surface area contributed by atoms with Crippen molar-refractivity contribution in [1.29, 1.82) is 0 Å². The zero-order chi connectivity index (χ0) is 12.1. The maximum atomic E-state index is 10.9. The van der Waals surface area contributed by atoms with Crippen molar-refractivity contribution in [3.05, 3.63) is 28.8 Å². The second-order valence-corrected chi connectivity index (χ2v) is 3.56. The monoisotopic (exact) mass is 245 g/mol. The van der Waals surface area contributed by atoms with Gasteiger partial charge >= 0.3 is 0 Å². The van der Waals surface area contributed by atoms with Crippen molar-refractivity contribution < 1.29 is 19.7 Å². The second kappa shape index (κ2) is 5.69. The van der Waals surface area contributed by atoms with Crippen LogP contribution in [0.2, 0.25) is 5.02 Å². The predicted molar refractivity (Wildman–Crippen MR) is 58.6 cm³/mol. The zero-order valence-corrected chi connectivity index (χ0v) is 9.15. The number of rotatable bonds is 5. The molecule has 6 heteroatoms. The number of nitrogens with two attached hydrogens (primary N) is 1. The fourth-order valence-corrected chi connectivity index (χ4v) is 1.29. The first-order valence-corrected chi connectivity index (χ1v) is 4.93. The number of ether oxygens (including phenoxy) is 1. The molecule has 0 unspecified atom stereocenters. The summed E-state index contributed by atoms with van der Waals surface area (Å²) in [6, 6.07) is 4.37. The quantitative estimate of drug-likeness (QED) is 0.690. The molecular weight excluding hydrogens is 234 g/mol. The molecule has 0 heterocycles. The first kappa shape index (κ1) is 12.8. The number of hydrogen-bond acceptors (Lipinski definition) is 4. The van der Waals surface area contributed by atoms with Gasteiger partial charge in [0, 0.05) is 0 Å². The molecular formula is C10H12ClNO4. The Hall–Kier alpha value is -1.30. The molecule has 0 aliphatic carbocycles. The number of carbonyl (C=O) groups is 1. The lowest BCUT2D eigenvalue weighted by atomic mass is 10.2. The lowest BCUT2D eigenvalue weighted by Gasteiger charge is -2.10. The Bertz CT molecular complexity index is 383. The van der Waals surface area contributed by atoms with E-state index in [0.717, 1.165) is 0 Å². The Morgan fingerprint density at radius 1 is 1.56 bits per heavy atom. The van der Waals surface area contributed by atoms with Gasteiger partial charge in [-0.3, -0.25) is 4.79 Å². The van der Waals surface area contributed by atoms with E-state index in [1.165, 1.54) is 18.2 Å². The Kier molecular flexibility index (Phi) is 4.54. The third-order valence-corrected chi connectivity index (χ3v) is 2.17. The first-order chi connectivity index (χ1) is 7.54. The van der Waals surface area contributed by atoms with Crippen LogP contribution >= 0.6 is 11.6 Å². The molecule has 4 N–H and O–H groups in total. The molecule has 88 valence electrons. The van der Waals surface area contributed by atoms with Crippen LogP contribution in [-0.2, 0) is 0 Å². The highest BCUT2D eigenvalue weighted by molar-refractivity contribution is 6.33. The Morgan fingerprint density at radius 2 is 2.25 bits per heavy atom. The molecule has 0 aromatic heterocycles. The summed E-state index contributed by atoms with van der Waals surface area (Å²) in [5, 5.41) is 17.8. The minimum absolute atomic E-state index is 0.0528. The SMILES string of the molecule is NC(=O)c1ccc(OC[C@@H](O)CO)cc1Cl. The van der Waals surface area contributed by atoms with E-state index in [2.05, 4.69) is 0 Å². The van der Waals surface area contributed by atoms with Gasteiger partial charge in [-0.2, -0.15) is 0 Å². The van der Waals surface area contributed by atoms with Crippen molar-refractivity contribution in [2.45, 2.75) is 6.10 Å². The summed E-state index contributed by atoms with van der Waals surface area (Å²) >= 11 is 5.78. The fourth-order valence-electron chi connectivity index (χ4n) is 1.03. The lowest BCUT2D eigenvalue weighted by molar-refractivity contribution is 0.0536. The van der Waals surface area contributed by atoms with E-state index < -0.39 is 12.0 Å². The number of amides is 1. The van der Waals surface area contributed by atoms with Crippen LogP contribution in [0.1, 0.15) is 10.4 Å². The van der Waals surface area contributed by atoms with Crippen LogP contribution in [0.25, 0.3) is 0 Å². The number of aliphatic hydroxyl groups excluding tert-OH is 2. The Labute approximate surface area is 97.4 Å². The standard InChI is InChI=1S/C10H12ClNO4/c11-9-3-7(16-5-6(14)4-13)1-2-8(9)10(12)15/h1-3,6,13-14H,4-5H2,(H2,12,15)/t6-/m0/s1. The highest BCUT2D eigenvalue weighted by Gasteiger charge is 2.08. The van der Waals surface area contributed by atoms with Crippen molar-refractivity contribution >= 4 is 17.5 Å². The summed E-state index contributed by atoms with van der Waals surface area (Å²) in [7, 11) is 0. The Balaban J connectivity index is 2.70. The smallest absolute Gasteiger partial charge is 0.250 e. The lowest BCUT2D eigenvalue weighted by Crippen LogP contribution is -2.21. The van der Waals surface area contributed by atoms with E-state index in [-0.39, 0.29) is 23.8 Å². The maximum absolute atomic E-state index is 10.9. The predicted octanol–water partition coefficient (Wildman–Crippen LogP) is 0.171. The van der Waals surface area contributed by atoms with Crippen molar-refractivity contribution in [2.75, 3.05) is 13.2 Å². The summed E-state index contributed by atoms with van der Waals surface area (Å²) in [5.41, 5.74) is 5.28. The van der Waals surface area contributed by atoms with Crippen LogP contribution in [0, 0.1) is 0 Å². The molecule has 1 atom stereocenters. The molecule has 0 aliphatic rings. The molecule has 16 heavy (non-hydrogen) atoms. The molecule has 0 aliphatic heterocycles. The van der Waals surface area contributed by atoms with Crippen molar-refractivity contribution in [2.24, 2.45) is 5.73 Å². The molecule has 1 aromatic rings. The van der Waals surface area contributed by atoms with Gasteiger partial charge in [-0.15, -0.1) is 0 Å². The number of halogens is 1. The number of hydrogen-bond donors (Lipinski definition) is 3. The maximum Gasteiger partial charge on any atom is 0.250 e. The van der Waals surface area contributed by atoms with Crippen LogP contribution in [0.4, 0.5) is 0 Å². The summed E-state index contributed by atoms with van der Waals surface area (Å²) < 4.78 is 5.13. The van der Waals surface area contributed by atoms with Crippen molar-refractivity contribution in [3.63, 3.8) is 0 Å². The molecule has 0 saturated carbocycles. The molecule has 0 bridgehead atoms. The largest absolute Gasteiger partial charge is 0.491 e. The van der Waals surface area contributed by atoms with Gasteiger partial charge in [0.1, 0.15) is 18.5 Å². The molecule has 5 nitrogen and oxygen atoms in total. The zero-order valence-electron chi connectivity index (χ0n) is 8.39. The van der Waals surface area contributed by atoms with Gasteiger partial charge in [0.25, 0.3) is 0 Å². The number of primary amides is 1. The summed E-state index contributed by atoms with van der Waals surface area (Å²) in [5.74, 6) is -0.227. The van der Waals surface area contributed by atoms with Crippen LogP contribution in [-0.4, -0.2) is 35.4 Å². The van der Waals surface area contributed by atoms with E-state index in [1.807, 2.05) is 0 Å². The number of benzene rings is 1. The van der Waals surface area contributed by atoms with Crippen LogP contribution in [0.5, 0.6) is 5.75 Å². The number of carbonyl (C=O) groups excluding carboxylic acids is 1. The van der Waals surface area contributed by atoms with Crippen LogP contribution in [0.15, 0.2) is 18.2 Å². The fraction of sp³-hybridized carbons (Fsp3) is 0.300. The third-order valence-electron chi connectivity index (χ3n) is 1.86. The summed E-state index contributed by atoms with van der Waals surface area (Å²) in [6.45, 7) is -0.435. The van der Waals surface area contributed by atoms with E-state index in [9.17, 15) is 4.79 Å². The van der Waals surface area contributed by atoms with Crippen molar-refractivity contribution in [1.82, 2.24) is 0 Å². The minimum atomic E-state index is -0.949. The van der Waals surface area contributed by atoms with E-state index in [1.54, 1.807) is 0 Å². The number of aliphatic hydroxyl groups is 2. The van der Waals surface area contributed by atoms with E-state index in [0.29, 0.717) is 5.75 Å². The van der Waals surface area contributed by atoms with E-state index >= 15 is 0 Å². The minimum Gasteiger partial charge on any atom is -0.491 e. The van der Waals surface area contributed by atoms with Gasteiger partial charge in [0.2, 0.25) is 5.91 Å². The van der Waals surface area contributed by atoms with Gasteiger partial charge < -0.3 is 20.7 Å². The molecule has 1 aromatic carbocycles. The van der Waals surface area contributed by atoms with Gasteiger partial charge in [-0.05, 0) is 18.2 Å². The topological polar surface area (TPSA) is 92.8 Å². The van der Waals surface area contributed by atoms with E-state index in [4.69, 9.17) is 32.3 Å². The summed E-state index contributed by atoms with van der Waals surface area (Å²) in [4.78, 5) is 10.9. The van der Waals surface area contributed by atoms with Gasteiger partial charge in [0.05, 0.1) is 17.2 Å². The first-order valence-electron chi connectivity index (χ1n) is 4.55. The highest BCUT2D eigenvalue weighted by atomic mass is 35.5. The average Bonchev–Trinajstić information content (AvgIpc) is 2.25. The van der Waals surface area contributed by atoms with Crippen LogP contribution < -0.4 is 10.5 Å². The van der Waals surface area contributed by atoms with Gasteiger partial charge in [0.15, 0.2) is 0 Å². The average molecular weight is 246 g/mol. The molecule has 0 saturated heterocycles. The van der Waals surface area contributed by atoms with Crippen molar-refractivity contribution in [3.8, 4) is 5.75 Å². The Morgan fingerprint density at radius 3 is 2.75 bits per heavy atom. The second-order valence-electron chi connectivity index (χ2n) is 3.15. The van der Waals surface area contributed by atoms with Gasteiger partial charge in [-0.25, -0.2) is 0 Å². The third kappa shape index (κ3) is 3.37. The molecule has 0 radical (unpaired) electrons. The summed E-state index contributed by atoms with van der Waals surface area (Å²) in [6.07, 6.45) is -0.949.